The van der Waals surface area contributed by atoms with Crippen molar-refractivity contribution in [3.05, 3.63) is 23.8 Å². The Kier molecular flexibility index (Phi) is 3.60. The summed E-state index contributed by atoms with van der Waals surface area (Å²) in [5.41, 5.74) is 6.74. The molecule has 0 aliphatic carbocycles. The molecule has 1 aromatic carbocycles. The Hall–Kier alpha value is -1.65. The molecule has 0 aliphatic heterocycles. The molecule has 0 amide bonds. The molecule has 0 saturated carbocycles. The van der Waals surface area contributed by atoms with Crippen LogP contribution in [0.1, 0.15) is 18.9 Å². The fourth-order valence-corrected chi connectivity index (χ4v) is 1.16. The lowest BCUT2D eigenvalue weighted by Crippen LogP contribution is -2.06. The smallest absolute Gasteiger partial charge is 0.387 e. The summed E-state index contributed by atoms with van der Waals surface area (Å²) in [6.45, 7) is -1.07. The zero-order valence-corrected chi connectivity index (χ0v) is 8.26. The Morgan fingerprint density at radius 1 is 1.53 bits per heavy atom. The van der Waals surface area contributed by atoms with Gasteiger partial charge in [-0.3, -0.25) is 0 Å². The van der Waals surface area contributed by atoms with Crippen LogP contribution in [0.5, 0.6) is 5.75 Å². The van der Waals surface area contributed by atoms with Crippen molar-refractivity contribution in [3.63, 3.8) is 0 Å². The number of ether oxygens (including phenoxy) is 1. The summed E-state index contributed by atoms with van der Waals surface area (Å²) < 4.78 is 28.1. The van der Waals surface area contributed by atoms with Gasteiger partial charge in [-0.2, -0.15) is 8.78 Å². The van der Waals surface area contributed by atoms with Crippen molar-refractivity contribution < 1.29 is 13.5 Å². The second-order valence-corrected chi connectivity index (χ2v) is 2.96. The molecule has 15 heavy (non-hydrogen) atoms. The number of nitrogens with one attached hydrogen (secondary N) is 1. The number of anilines is 1. The molecule has 0 bridgehead atoms. The molecule has 0 aliphatic rings. The molecule has 82 valence electrons. The zero-order chi connectivity index (χ0) is 11.4. The number of rotatable bonds is 4. The third-order valence-corrected chi connectivity index (χ3v) is 1.93. The van der Waals surface area contributed by atoms with Crippen molar-refractivity contribution in [2.45, 2.75) is 20.0 Å². The van der Waals surface area contributed by atoms with E-state index >= 15 is 0 Å². The van der Waals surface area contributed by atoms with Crippen LogP contribution in [0.4, 0.5) is 14.5 Å². The van der Waals surface area contributed by atoms with Gasteiger partial charge in [-0.25, -0.2) is 0 Å². The highest BCUT2D eigenvalue weighted by Gasteiger charge is 2.09. The number of nitrogens with two attached hydrogens (primary N) is 1. The van der Waals surface area contributed by atoms with Crippen LogP contribution >= 0.6 is 0 Å². The quantitative estimate of drug-likeness (QED) is 0.598. The number of nitrogen functional groups attached to an aromatic ring is 1. The minimum atomic E-state index is -2.86. The lowest BCUT2D eigenvalue weighted by Gasteiger charge is -2.09. The lowest BCUT2D eigenvalue weighted by atomic mass is 10.1. The van der Waals surface area contributed by atoms with Crippen molar-refractivity contribution in [1.29, 1.82) is 5.41 Å². The van der Waals surface area contributed by atoms with Gasteiger partial charge in [-0.05, 0) is 24.6 Å². The third-order valence-electron chi connectivity index (χ3n) is 1.93. The molecule has 3 nitrogen and oxygen atoms in total. The molecule has 5 heteroatoms. The van der Waals surface area contributed by atoms with Gasteiger partial charge in [-0.15, -0.1) is 0 Å². The number of alkyl halides is 2. The second-order valence-electron chi connectivity index (χ2n) is 2.96. The summed E-state index contributed by atoms with van der Waals surface area (Å²) in [6, 6.07) is 4.17. The average molecular weight is 214 g/mol. The molecule has 1 aromatic rings. The maximum absolute atomic E-state index is 11.9. The van der Waals surface area contributed by atoms with E-state index in [0.29, 0.717) is 23.4 Å². The number of benzene rings is 1. The molecule has 0 heterocycles. The Balaban J connectivity index is 3.00. The summed E-state index contributed by atoms with van der Waals surface area (Å²) in [7, 11) is 0. The molecule has 0 saturated heterocycles. The van der Waals surface area contributed by atoms with E-state index in [1.807, 2.05) is 0 Å². The van der Waals surface area contributed by atoms with E-state index in [1.54, 1.807) is 6.92 Å². The first kappa shape index (κ1) is 11.4. The Labute approximate surface area is 86.4 Å². The molecule has 0 unspecified atom stereocenters. The summed E-state index contributed by atoms with van der Waals surface area (Å²) in [4.78, 5) is 0. The highest BCUT2D eigenvalue weighted by molar-refractivity contribution is 6.02. The Morgan fingerprint density at radius 2 is 2.20 bits per heavy atom. The standard InChI is InChI=1S/C10H12F2N2O/c1-2-8(13)7-5-6(15-10(11)12)3-4-9(7)14/h3-5,10,13H,2,14H2,1H3. The average Bonchev–Trinajstić information content (AvgIpc) is 2.19. The van der Waals surface area contributed by atoms with E-state index in [-0.39, 0.29) is 5.75 Å². The first-order valence-corrected chi connectivity index (χ1v) is 4.46. The Morgan fingerprint density at radius 3 is 2.73 bits per heavy atom. The van der Waals surface area contributed by atoms with Gasteiger partial charge in [0.25, 0.3) is 0 Å². The van der Waals surface area contributed by atoms with Crippen LogP contribution in [0.2, 0.25) is 0 Å². The predicted molar refractivity (Wildman–Crippen MR) is 54.6 cm³/mol. The number of hydrogen-bond acceptors (Lipinski definition) is 3. The largest absolute Gasteiger partial charge is 0.435 e. The zero-order valence-electron chi connectivity index (χ0n) is 8.26. The van der Waals surface area contributed by atoms with Crippen molar-refractivity contribution in [1.82, 2.24) is 0 Å². The topological polar surface area (TPSA) is 59.1 Å². The maximum atomic E-state index is 11.9. The third kappa shape index (κ3) is 2.90. The molecular formula is C10H12F2N2O. The van der Waals surface area contributed by atoms with Gasteiger partial charge in [0.2, 0.25) is 0 Å². The molecule has 1 rings (SSSR count). The summed E-state index contributed by atoms with van der Waals surface area (Å²) >= 11 is 0. The van der Waals surface area contributed by atoms with E-state index < -0.39 is 6.61 Å². The first-order valence-electron chi connectivity index (χ1n) is 4.46. The normalized spacial score (nSPS) is 10.4. The fourth-order valence-electron chi connectivity index (χ4n) is 1.16. The SMILES string of the molecule is CCC(=N)c1cc(OC(F)F)ccc1N. The van der Waals surface area contributed by atoms with Gasteiger partial charge >= 0.3 is 6.61 Å². The van der Waals surface area contributed by atoms with E-state index in [9.17, 15) is 8.78 Å². The molecule has 0 atom stereocenters. The summed E-state index contributed by atoms with van der Waals surface area (Å²) in [5.74, 6) is 0.0207. The minimum absolute atomic E-state index is 0.0207. The Bertz CT molecular complexity index is 366. The molecule has 3 N–H and O–H groups in total. The second kappa shape index (κ2) is 4.72. The van der Waals surface area contributed by atoms with Crippen LogP contribution in [-0.2, 0) is 0 Å². The van der Waals surface area contributed by atoms with Gasteiger partial charge in [0, 0.05) is 17.0 Å². The number of hydrogen-bond donors (Lipinski definition) is 2. The minimum Gasteiger partial charge on any atom is -0.435 e. The van der Waals surface area contributed by atoms with Crippen LogP contribution in [0.25, 0.3) is 0 Å². The van der Waals surface area contributed by atoms with Crippen molar-refractivity contribution >= 4 is 11.4 Å². The van der Waals surface area contributed by atoms with E-state index in [4.69, 9.17) is 11.1 Å². The van der Waals surface area contributed by atoms with Gasteiger partial charge < -0.3 is 15.9 Å². The van der Waals surface area contributed by atoms with Gasteiger partial charge in [0.15, 0.2) is 0 Å². The fraction of sp³-hybridized carbons (Fsp3) is 0.300. The molecule has 0 radical (unpaired) electrons. The number of halogens is 2. The van der Waals surface area contributed by atoms with Crippen molar-refractivity contribution in [2.75, 3.05) is 5.73 Å². The summed E-state index contributed by atoms with van der Waals surface area (Å²) in [5, 5.41) is 7.58. The van der Waals surface area contributed by atoms with E-state index in [2.05, 4.69) is 4.74 Å². The van der Waals surface area contributed by atoms with Crippen LogP contribution in [0.3, 0.4) is 0 Å². The highest BCUT2D eigenvalue weighted by Crippen LogP contribution is 2.22. The van der Waals surface area contributed by atoms with Crippen molar-refractivity contribution in [3.8, 4) is 5.75 Å². The predicted octanol–water partition coefficient (Wildman–Crippen LogP) is 2.65. The van der Waals surface area contributed by atoms with E-state index in [1.165, 1.54) is 18.2 Å². The molecular weight excluding hydrogens is 202 g/mol. The lowest BCUT2D eigenvalue weighted by molar-refractivity contribution is -0.0498. The first-order chi connectivity index (χ1) is 7.04. The maximum Gasteiger partial charge on any atom is 0.387 e. The van der Waals surface area contributed by atoms with Crippen LogP contribution in [0, 0.1) is 5.41 Å². The van der Waals surface area contributed by atoms with Crippen LogP contribution in [0.15, 0.2) is 18.2 Å². The van der Waals surface area contributed by atoms with Crippen LogP contribution in [-0.4, -0.2) is 12.3 Å². The van der Waals surface area contributed by atoms with Crippen LogP contribution < -0.4 is 10.5 Å². The van der Waals surface area contributed by atoms with E-state index in [0.717, 1.165) is 0 Å². The molecule has 0 fully saturated rings. The molecule has 0 spiro atoms. The monoisotopic (exact) mass is 214 g/mol. The summed E-state index contributed by atoms with van der Waals surface area (Å²) in [6.07, 6.45) is 0.488. The highest BCUT2D eigenvalue weighted by atomic mass is 19.3. The van der Waals surface area contributed by atoms with Crippen molar-refractivity contribution in [2.24, 2.45) is 0 Å². The van der Waals surface area contributed by atoms with Gasteiger partial charge in [0.1, 0.15) is 5.75 Å². The van der Waals surface area contributed by atoms with Gasteiger partial charge in [0.05, 0.1) is 0 Å². The van der Waals surface area contributed by atoms with Gasteiger partial charge in [-0.1, -0.05) is 6.92 Å². The molecule has 0 aromatic heterocycles.